The molecule has 2 aromatic carbocycles. The van der Waals surface area contributed by atoms with Crippen LogP contribution in [0.4, 0.5) is 0 Å². The summed E-state index contributed by atoms with van der Waals surface area (Å²) in [5, 5.41) is 1.29. The van der Waals surface area contributed by atoms with Crippen LogP contribution in [-0.2, 0) is 9.84 Å². The monoisotopic (exact) mass is 284 g/mol. The van der Waals surface area contributed by atoms with Crippen LogP contribution in [0.15, 0.2) is 82.6 Å². The number of hydrogen-bond donors (Lipinski definition) is 0. The van der Waals surface area contributed by atoms with Crippen molar-refractivity contribution in [3.8, 4) is 0 Å². The van der Waals surface area contributed by atoms with Crippen LogP contribution in [0, 0.1) is 0 Å². The summed E-state index contributed by atoms with van der Waals surface area (Å²) in [5.74, 6) is 0. The lowest BCUT2D eigenvalue weighted by Crippen LogP contribution is -1.96. The Hall–Kier alpha value is -2.13. The van der Waals surface area contributed by atoms with Gasteiger partial charge in [-0.25, -0.2) is 8.42 Å². The summed E-state index contributed by atoms with van der Waals surface area (Å²) in [7, 11) is -3.38. The van der Waals surface area contributed by atoms with Gasteiger partial charge in [-0.15, -0.1) is 0 Å². The van der Waals surface area contributed by atoms with Gasteiger partial charge in [-0.05, 0) is 30.2 Å². The maximum Gasteiger partial charge on any atom is 0.200 e. The van der Waals surface area contributed by atoms with Crippen molar-refractivity contribution in [3.63, 3.8) is 0 Å². The molecule has 20 heavy (non-hydrogen) atoms. The molecule has 0 fully saturated rings. The molecule has 2 aromatic rings. The van der Waals surface area contributed by atoms with Crippen molar-refractivity contribution >= 4 is 15.9 Å². The molecule has 0 saturated heterocycles. The van der Waals surface area contributed by atoms with Gasteiger partial charge in [-0.1, -0.05) is 60.7 Å². The van der Waals surface area contributed by atoms with E-state index in [2.05, 4.69) is 0 Å². The second-order valence-electron chi connectivity index (χ2n) is 4.46. The second kappa shape index (κ2) is 6.35. The molecule has 0 bridgehead atoms. The van der Waals surface area contributed by atoms with Crippen molar-refractivity contribution < 1.29 is 8.42 Å². The highest BCUT2D eigenvalue weighted by Gasteiger charge is 2.09. The molecule has 0 N–H and O–H groups in total. The number of benzene rings is 2. The van der Waals surface area contributed by atoms with Crippen LogP contribution in [0.3, 0.4) is 0 Å². The van der Waals surface area contributed by atoms with Gasteiger partial charge in [-0.2, -0.15) is 0 Å². The minimum atomic E-state index is -3.38. The smallest absolute Gasteiger partial charge is 0.200 e. The molecule has 102 valence electrons. The van der Waals surface area contributed by atoms with Gasteiger partial charge in [0.2, 0.25) is 0 Å². The summed E-state index contributed by atoms with van der Waals surface area (Å²) < 4.78 is 24.3. The normalized spacial score (nSPS) is 12.8. The van der Waals surface area contributed by atoms with E-state index in [4.69, 9.17) is 0 Å². The molecule has 0 radical (unpaired) electrons. The molecule has 0 unspecified atom stereocenters. The molecular formula is C17H16O2S. The van der Waals surface area contributed by atoms with Crippen molar-refractivity contribution in [2.45, 2.75) is 11.8 Å². The summed E-state index contributed by atoms with van der Waals surface area (Å²) in [6, 6.07) is 18.2. The number of hydrogen-bond acceptors (Lipinski definition) is 2. The van der Waals surface area contributed by atoms with Crippen LogP contribution in [0.25, 0.3) is 6.08 Å². The number of sulfone groups is 1. The molecule has 0 aliphatic heterocycles. The second-order valence-corrected chi connectivity index (χ2v) is 6.26. The van der Waals surface area contributed by atoms with E-state index in [1.54, 1.807) is 43.3 Å². The summed E-state index contributed by atoms with van der Waals surface area (Å²) in [4.78, 5) is 0.312. The van der Waals surface area contributed by atoms with E-state index in [9.17, 15) is 8.42 Å². The van der Waals surface area contributed by atoms with Gasteiger partial charge in [0.05, 0.1) is 4.90 Å². The fraction of sp³-hybridized carbons (Fsp3) is 0.0588. The zero-order valence-electron chi connectivity index (χ0n) is 11.2. The Morgan fingerprint density at radius 3 is 2.05 bits per heavy atom. The first kappa shape index (κ1) is 14.3. The summed E-state index contributed by atoms with van der Waals surface area (Å²) in [5.41, 5.74) is 1.73. The first-order valence-corrected chi connectivity index (χ1v) is 7.84. The van der Waals surface area contributed by atoms with Crippen LogP contribution < -0.4 is 0 Å². The van der Waals surface area contributed by atoms with E-state index >= 15 is 0 Å². The lowest BCUT2D eigenvalue weighted by Gasteiger charge is -1.99. The quantitative estimate of drug-likeness (QED) is 0.793. The first-order valence-electron chi connectivity index (χ1n) is 6.29. The summed E-state index contributed by atoms with van der Waals surface area (Å²) >= 11 is 0. The van der Waals surface area contributed by atoms with E-state index in [0.29, 0.717) is 10.5 Å². The molecule has 0 heterocycles. The van der Waals surface area contributed by atoms with Crippen LogP contribution in [-0.4, -0.2) is 8.42 Å². The summed E-state index contributed by atoms with van der Waals surface area (Å²) in [6.07, 6.45) is 3.70. The minimum absolute atomic E-state index is 0.312. The largest absolute Gasteiger partial charge is 0.219 e. The topological polar surface area (TPSA) is 34.1 Å². The molecular weight excluding hydrogens is 268 g/mol. The Morgan fingerprint density at radius 1 is 0.900 bits per heavy atom. The van der Waals surface area contributed by atoms with Crippen LogP contribution in [0.5, 0.6) is 0 Å². The lowest BCUT2D eigenvalue weighted by molar-refractivity contribution is 0.604. The Bertz CT molecular complexity index is 712. The van der Waals surface area contributed by atoms with Crippen molar-refractivity contribution in [2.75, 3.05) is 0 Å². The predicted octanol–water partition coefficient (Wildman–Crippen LogP) is 4.08. The number of allylic oxidation sites excluding steroid dienone is 2. The minimum Gasteiger partial charge on any atom is -0.219 e. The van der Waals surface area contributed by atoms with E-state index in [1.165, 1.54) is 5.41 Å². The molecule has 0 saturated carbocycles. The molecule has 0 aliphatic carbocycles. The van der Waals surface area contributed by atoms with E-state index < -0.39 is 9.84 Å². The van der Waals surface area contributed by atoms with Crippen LogP contribution >= 0.6 is 0 Å². The fourth-order valence-electron chi connectivity index (χ4n) is 1.75. The highest BCUT2D eigenvalue weighted by Crippen LogP contribution is 2.14. The highest BCUT2D eigenvalue weighted by atomic mass is 32.2. The third kappa shape index (κ3) is 3.93. The van der Waals surface area contributed by atoms with Gasteiger partial charge >= 0.3 is 0 Å². The maximum atomic E-state index is 12.1. The van der Waals surface area contributed by atoms with Gasteiger partial charge in [0.15, 0.2) is 9.84 Å². The van der Waals surface area contributed by atoms with Crippen molar-refractivity contribution in [1.82, 2.24) is 0 Å². The Labute approximate surface area is 120 Å². The maximum absolute atomic E-state index is 12.1. The molecule has 0 atom stereocenters. The molecule has 0 aliphatic rings. The average molecular weight is 284 g/mol. The predicted molar refractivity (Wildman–Crippen MR) is 82.9 cm³/mol. The summed E-state index contributed by atoms with van der Waals surface area (Å²) in [6.45, 7) is 1.78. The first-order chi connectivity index (χ1) is 9.58. The Balaban J connectivity index is 2.21. The van der Waals surface area contributed by atoms with E-state index in [-0.39, 0.29) is 0 Å². The van der Waals surface area contributed by atoms with Crippen LogP contribution in [0.1, 0.15) is 12.5 Å². The fourth-order valence-corrected chi connectivity index (χ4v) is 2.99. The Kier molecular flexibility index (Phi) is 4.53. The van der Waals surface area contributed by atoms with Crippen molar-refractivity contribution in [2.24, 2.45) is 0 Å². The van der Waals surface area contributed by atoms with Gasteiger partial charge in [-0.3, -0.25) is 0 Å². The zero-order chi connectivity index (χ0) is 14.4. The van der Waals surface area contributed by atoms with Crippen molar-refractivity contribution in [1.29, 1.82) is 0 Å². The Morgan fingerprint density at radius 2 is 1.45 bits per heavy atom. The third-order valence-corrected chi connectivity index (χ3v) is 4.36. The number of rotatable bonds is 4. The van der Waals surface area contributed by atoms with Crippen molar-refractivity contribution in [3.05, 3.63) is 83.3 Å². The SMILES string of the molecule is CC(/C=C/c1ccccc1)=C\S(=O)(=O)c1ccccc1. The average Bonchev–Trinajstić information content (AvgIpc) is 2.47. The van der Waals surface area contributed by atoms with Gasteiger partial charge < -0.3 is 0 Å². The lowest BCUT2D eigenvalue weighted by atomic mass is 10.2. The van der Waals surface area contributed by atoms with Gasteiger partial charge in [0.25, 0.3) is 0 Å². The molecule has 2 rings (SSSR count). The van der Waals surface area contributed by atoms with E-state index in [0.717, 1.165) is 5.56 Å². The standard InChI is InChI=1S/C17H16O2S/c1-15(12-13-16-8-4-2-5-9-16)14-20(18,19)17-10-6-3-7-11-17/h2-14H,1H3/b13-12+,15-14+. The zero-order valence-corrected chi connectivity index (χ0v) is 12.0. The van der Waals surface area contributed by atoms with Gasteiger partial charge in [0.1, 0.15) is 0 Å². The third-order valence-electron chi connectivity index (χ3n) is 2.75. The van der Waals surface area contributed by atoms with E-state index in [1.807, 2.05) is 36.4 Å². The molecule has 2 nitrogen and oxygen atoms in total. The molecule has 0 amide bonds. The molecule has 0 spiro atoms. The molecule has 3 heteroatoms. The highest BCUT2D eigenvalue weighted by molar-refractivity contribution is 7.94. The van der Waals surface area contributed by atoms with Gasteiger partial charge in [0, 0.05) is 5.41 Å². The molecule has 0 aromatic heterocycles. The van der Waals surface area contributed by atoms with Crippen LogP contribution in [0.2, 0.25) is 0 Å².